The van der Waals surface area contributed by atoms with Crippen LogP contribution in [0, 0.1) is 35.0 Å². The van der Waals surface area contributed by atoms with Gasteiger partial charge in [-0.3, -0.25) is 14.5 Å². The first-order chi connectivity index (χ1) is 33.0. The summed E-state index contributed by atoms with van der Waals surface area (Å²) < 4.78 is 14.1. The minimum atomic E-state index is -0.0732. The maximum absolute atomic E-state index is 13.1. The normalized spacial score (nSPS) is 24.3. The largest absolute Gasteiger partial charge is 0.466 e. The van der Waals surface area contributed by atoms with Gasteiger partial charge in [0.2, 0.25) is 0 Å². The van der Waals surface area contributed by atoms with Crippen LogP contribution in [0.25, 0.3) is 0 Å². The molecule has 1 heterocycles. The van der Waals surface area contributed by atoms with Crippen molar-refractivity contribution in [3.63, 3.8) is 0 Å². The summed E-state index contributed by atoms with van der Waals surface area (Å²) >= 11 is 0. The molecule has 0 aromatic rings. The zero-order valence-electron chi connectivity index (χ0n) is 44.2. The lowest BCUT2D eigenvalue weighted by molar-refractivity contribution is -0.509. The molecule has 6 atom stereocenters. The Kier molecular flexibility index (Phi) is 27.5. The molecule has 0 amide bonds. The van der Waals surface area contributed by atoms with Gasteiger partial charge >= 0.3 is 11.9 Å². The average molecular weight is 934 g/mol. The van der Waals surface area contributed by atoms with Crippen LogP contribution in [0.2, 0.25) is 0 Å². The van der Waals surface area contributed by atoms with Crippen LogP contribution < -0.4 is 0 Å². The number of hydrogen-bond donors (Lipinski definition) is 0. The van der Waals surface area contributed by atoms with Crippen molar-refractivity contribution in [2.75, 3.05) is 39.3 Å². The molecule has 0 aromatic carbocycles. The van der Waals surface area contributed by atoms with E-state index in [2.05, 4.69) is 149 Å². The van der Waals surface area contributed by atoms with Crippen LogP contribution in [-0.4, -0.2) is 73.1 Å². The van der Waals surface area contributed by atoms with Gasteiger partial charge in [0.05, 0.1) is 13.2 Å². The molecular weight excluding hydrogens is 837 g/mol. The molecule has 0 spiro atoms. The zero-order chi connectivity index (χ0) is 48.8. The monoisotopic (exact) mass is 934 g/mol. The SMILES string of the molecule is C=C1CCC(OC(=O)CCCCCN(CCCCOC(=O)CCCC/C=C/C/C=C/C/C=C/C/C=C/CC)CC[N+]2=CC=CC2)C/C1=C/C=C1\CCCC2(C)C1CCC2C(C)/C=C/C(C)C(C)C. The van der Waals surface area contributed by atoms with E-state index in [1.807, 2.05) is 0 Å². The van der Waals surface area contributed by atoms with Crippen LogP contribution in [0.5, 0.6) is 0 Å². The van der Waals surface area contributed by atoms with E-state index >= 15 is 0 Å². The third-order valence-electron chi connectivity index (χ3n) is 15.6. The molecular formula is C62H97N2O4+. The Morgan fingerprint density at radius 3 is 2.24 bits per heavy atom. The average Bonchev–Trinajstić information content (AvgIpc) is 3.98. The molecule has 378 valence electrons. The molecule has 4 aliphatic rings. The van der Waals surface area contributed by atoms with Crippen molar-refractivity contribution in [1.29, 1.82) is 0 Å². The van der Waals surface area contributed by atoms with Gasteiger partial charge in [0.25, 0.3) is 0 Å². The van der Waals surface area contributed by atoms with Crippen molar-refractivity contribution in [3.8, 4) is 0 Å². The van der Waals surface area contributed by atoms with Crippen molar-refractivity contribution >= 4 is 18.2 Å². The van der Waals surface area contributed by atoms with E-state index < -0.39 is 0 Å². The second-order valence-corrected chi connectivity index (χ2v) is 21.2. The summed E-state index contributed by atoms with van der Waals surface area (Å²) in [7, 11) is 0. The lowest BCUT2D eigenvalue weighted by Gasteiger charge is -2.44. The molecule has 3 saturated carbocycles. The summed E-state index contributed by atoms with van der Waals surface area (Å²) in [4.78, 5) is 28.0. The first-order valence-corrected chi connectivity index (χ1v) is 27.7. The summed E-state index contributed by atoms with van der Waals surface area (Å²) in [5, 5.41) is 0. The molecule has 3 fully saturated rings. The molecule has 0 aromatic heterocycles. The number of unbranched alkanes of at least 4 members (excludes halogenated alkanes) is 5. The number of fused-ring (bicyclic) bond motifs is 1. The number of carbonyl (C=O) groups is 2. The van der Waals surface area contributed by atoms with Crippen LogP contribution in [0.3, 0.4) is 0 Å². The van der Waals surface area contributed by atoms with Crippen LogP contribution in [0.4, 0.5) is 0 Å². The minimum absolute atomic E-state index is 0.0551. The topological polar surface area (TPSA) is 58.8 Å². The van der Waals surface area contributed by atoms with Crippen molar-refractivity contribution < 1.29 is 23.6 Å². The number of allylic oxidation sites excluding steroid dienone is 15. The van der Waals surface area contributed by atoms with Crippen LogP contribution in [0.15, 0.2) is 108 Å². The molecule has 0 bridgehead atoms. The summed E-state index contributed by atoms with van der Waals surface area (Å²) in [6.45, 7) is 24.1. The third kappa shape index (κ3) is 21.5. The number of ether oxygens (including phenoxy) is 2. The van der Waals surface area contributed by atoms with Crippen molar-refractivity contribution in [2.24, 2.45) is 35.0 Å². The Morgan fingerprint density at radius 1 is 0.809 bits per heavy atom. The summed E-state index contributed by atoms with van der Waals surface area (Å²) in [6.07, 6.45) is 55.7. The van der Waals surface area contributed by atoms with Crippen molar-refractivity contribution in [1.82, 2.24) is 4.90 Å². The second-order valence-electron chi connectivity index (χ2n) is 21.2. The lowest BCUT2D eigenvalue weighted by Crippen LogP contribution is -2.35. The van der Waals surface area contributed by atoms with Gasteiger partial charge in [0.1, 0.15) is 6.10 Å². The van der Waals surface area contributed by atoms with E-state index in [0.29, 0.717) is 48.5 Å². The van der Waals surface area contributed by atoms with E-state index in [1.54, 1.807) is 5.57 Å². The molecule has 3 aliphatic carbocycles. The number of nitrogens with zero attached hydrogens (tertiary/aromatic N) is 2. The quantitative estimate of drug-likeness (QED) is 0.0291. The molecule has 6 heteroatoms. The number of carbonyl (C=O) groups excluding carboxylic acids is 2. The second kappa shape index (κ2) is 32.9. The summed E-state index contributed by atoms with van der Waals surface area (Å²) in [6, 6.07) is 0. The molecule has 1 aliphatic heterocycles. The van der Waals surface area contributed by atoms with E-state index in [9.17, 15) is 9.59 Å². The minimum Gasteiger partial charge on any atom is -0.466 e. The van der Waals surface area contributed by atoms with Crippen LogP contribution in [-0.2, 0) is 19.1 Å². The first-order valence-electron chi connectivity index (χ1n) is 27.7. The fourth-order valence-corrected chi connectivity index (χ4v) is 10.9. The Morgan fingerprint density at radius 2 is 1.51 bits per heavy atom. The van der Waals surface area contributed by atoms with E-state index in [4.69, 9.17) is 9.47 Å². The first kappa shape index (κ1) is 56.8. The highest BCUT2D eigenvalue weighted by molar-refractivity contribution is 5.70. The predicted molar refractivity (Wildman–Crippen MR) is 289 cm³/mol. The Bertz CT molecular complexity index is 1790. The van der Waals surface area contributed by atoms with Crippen LogP contribution in [0.1, 0.15) is 183 Å². The molecule has 0 N–H and O–H groups in total. The van der Waals surface area contributed by atoms with Gasteiger partial charge in [-0.1, -0.05) is 139 Å². The predicted octanol–water partition coefficient (Wildman–Crippen LogP) is 15.4. The van der Waals surface area contributed by atoms with E-state index in [0.717, 1.165) is 135 Å². The maximum atomic E-state index is 13.1. The van der Waals surface area contributed by atoms with Gasteiger partial charge in [-0.2, -0.15) is 0 Å². The smallest absolute Gasteiger partial charge is 0.306 e. The molecule has 0 radical (unpaired) electrons. The van der Waals surface area contributed by atoms with Gasteiger partial charge in [-0.05, 0) is 175 Å². The van der Waals surface area contributed by atoms with Crippen LogP contribution >= 0.6 is 0 Å². The van der Waals surface area contributed by atoms with Gasteiger partial charge in [0, 0.05) is 25.3 Å². The standard InChI is InChI=1S/C62H97N2O4/c1-8-9-10-11-12-13-14-15-16-17-18-19-20-21-23-32-60(65)67-49-29-28-46-63(47-48-64-44-26-27-45-64)43-25-22-24-33-61(66)68-57-39-36-53(5)56(50-57)38-37-55-31-30-42-62(7)58(40-41-59(55)62)54(6)35-34-52(4)51(2)3/h9-10,12-13,15-16,18-19,26-27,34-35,37-38,44,51-52,54,57-59H,5,8,11,14,17,20-25,28-33,36,39-43,45-50H2,1-4,6-7H3/q+1/b10-9+,13-12+,16-15+,19-18+,35-34+,55-37+,56-38-. The summed E-state index contributed by atoms with van der Waals surface area (Å²) in [5.74, 6) is 3.20. The Labute approximate surface area is 416 Å². The highest BCUT2D eigenvalue weighted by atomic mass is 16.5. The number of esters is 2. The number of hydrogen-bond acceptors (Lipinski definition) is 5. The zero-order valence-corrected chi connectivity index (χ0v) is 44.2. The van der Waals surface area contributed by atoms with Gasteiger partial charge in [-0.15, -0.1) is 0 Å². The number of rotatable bonds is 32. The molecule has 4 rings (SSSR count). The molecule has 68 heavy (non-hydrogen) atoms. The van der Waals surface area contributed by atoms with E-state index in [-0.39, 0.29) is 18.0 Å². The molecule has 6 unspecified atom stereocenters. The van der Waals surface area contributed by atoms with Gasteiger partial charge < -0.3 is 9.47 Å². The highest BCUT2D eigenvalue weighted by Crippen LogP contribution is 2.59. The fourth-order valence-electron chi connectivity index (χ4n) is 10.9. The lowest BCUT2D eigenvalue weighted by atomic mass is 9.61. The Balaban J connectivity index is 1.09. The van der Waals surface area contributed by atoms with Crippen molar-refractivity contribution in [3.05, 3.63) is 108 Å². The maximum Gasteiger partial charge on any atom is 0.306 e. The van der Waals surface area contributed by atoms with Gasteiger partial charge in [-0.25, -0.2) is 4.58 Å². The van der Waals surface area contributed by atoms with Gasteiger partial charge in [0.15, 0.2) is 19.3 Å². The highest BCUT2D eigenvalue weighted by Gasteiger charge is 2.50. The summed E-state index contributed by atoms with van der Waals surface area (Å²) in [5.41, 5.74) is 4.48. The Hall–Kier alpha value is -3.77. The van der Waals surface area contributed by atoms with E-state index in [1.165, 1.54) is 43.3 Å². The fraction of sp³-hybridized carbons (Fsp3) is 0.661. The third-order valence-corrected chi connectivity index (χ3v) is 15.6. The van der Waals surface area contributed by atoms with Crippen molar-refractivity contribution in [2.45, 2.75) is 189 Å². The molecule has 0 saturated heterocycles. The molecule has 6 nitrogen and oxygen atoms in total.